The zero-order valence-corrected chi connectivity index (χ0v) is 11.9. The Morgan fingerprint density at radius 1 is 1.33 bits per heavy atom. The average Bonchev–Trinajstić information content (AvgIpc) is 2.15. The van der Waals surface area contributed by atoms with E-state index in [9.17, 15) is 23.1 Å². The predicted molar refractivity (Wildman–Crippen MR) is 65.9 cm³/mol. The fourth-order valence-electron chi connectivity index (χ4n) is 1.67. The molecule has 0 aliphatic heterocycles. The van der Waals surface area contributed by atoms with E-state index in [2.05, 4.69) is 0 Å². The molecule has 0 aliphatic rings. The Balaban J connectivity index is 5.37. The highest BCUT2D eigenvalue weighted by molar-refractivity contribution is 7.90. The Labute approximate surface area is 107 Å². The lowest BCUT2D eigenvalue weighted by molar-refractivity contribution is -0.172. The van der Waals surface area contributed by atoms with E-state index in [0.717, 1.165) is 6.26 Å². The smallest absolute Gasteiger partial charge is 0.323 e. The summed E-state index contributed by atoms with van der Waals surface area (Å²) in [5.74, 6) is -3.15. The van der Waals surface area contributed by atoms with E-state index >= 15 is 0 Å². The van der Waals surface area contributed by atoms with Crippen LogP contribution in [0.1, 0.15) is 27.2 Å². The number of sulfone groups is 1. The Bertz CT molecular complexity index is 411. The van der Waals surface area contributed by atoms with Crippen molar-refractivity contribution in [2.45, 2.75) is 27.2 Å². The fourth-order valence-corrected chi connectivity index (χ4v) is 2.37. The first-order valence-electron chi connectivity index (χ1n) is 5.66. The topological polar surface area (TPSA) is 97.7 Å². The molecule has 0 saturated carbocycles. The molecule has 1 N–H and O–H groups in total. The minimum atomic E-state index is -3.34. The van der Waals surface area contributed by atoms with Crippen LogP contribution in [-0.4, -0.2) is 44.1 Å². The number of ether oxygens (including phenoxy) is 1. The minimum absolute atomic E-state index is 0.0550. The summed E-state index contributed by atoms with van der Waals surface area (Å²) in [6.45, 7) is 4.75. The summed E-state index contributed by atoms with van der Waals surface area (Å²) in [5, 5.41) is 9.29. The van der Waals surface area contributed by atoms with Crippen molar-refractivity contribution in [3.05, 3.63) is 0 Å². The molecule has 18 heavy (non-hydrogen) atoms. The van der Waals surface area contributed by atoms with Crippen LogP contribution in [0.5, 0.6) is 0 Å². The van der Waals surface area contributed by atoms with Crippen LogP contribution in [0.15, 0.2) is 0 Å². The van der Waals surface area contributed by atoms with E-state index in [-0.39, 0.29) is 18.8 Å². The molecular weight excluding hydrogens is 260 g/mol. The molecule has 0 aromatic rings. The summed E-state index contributed by atoms with van der Waals surface area (Å²) in [6, 6.07) is 0. The standard InChI is InChI=1S/C11H20O6S/c1-5-17-10(14)11(8(2)3,9(12)13)6-7-18(4,15)16/h8H,5-7H2,1-4H3,(H,12,13). The summed E-state index contributed by atoms with van der Waals surface area (Å²) in [7, 11) is -3.34. The van der Waals surface area contributed by atoms with Crippen molar-refractivity contribution in [3.63, 3.8) is 0 Å². The molecule has 0 spiro atoms. The van der Waals surface area contributed by atoms with Gasteiger partial charge in [0.05, 0.1) is 12.4 Å². The van der Waals surface area contributed by atoms with Crippen LogP contribution in [0.4, 0.5) is 0 Å². The summed E-state index contributed by atoms with van der Waals surface area (Å²) in [4.78, 5) is 23.3. The summed E-state index contributed by atoms with van der Waals surface area (Å²) < 4.78 is 27.1. The zero-order chi connectivity index (χ0) is 14.6. The van der Waals surface area contributed by atoms with Gasteiger partial charge in [0.1, 0.15) is 9.84 Å². The van der Waals surface area contributed by atoms with Gasteiger partial charge in [-0.25, -0.2) is 8.42 Å². The number of aliphatic carboxylic acids is 1. The second kappa shape index (κ2) is 6.17. The summed E-state index contributed by atoms with van der Waals surface area (Å²) in [5.41, 5.74) is -1.81. The van der Waals surface area contributed by atoms with Crippen LogP contribution in [0.3, 0.4) is 0 Å². The first-order valence-corrected chi connectivity index (χ1v) is 7.72. The highest BCUT2D eigenvalue weighted by Crippen LogP contribution is 2.34. The van der Waals surface area contributed by atoms with Gasteiger partial charge in [0.25, 0.3) is 0 Å². The maximum absolute atomic E-state index is 11.9. The molecule has 0 heterocycles. The third kappa shape index (κ3) is 3.97. The quantitative estimate of drug-likeness (QED) is 0.545. The van der Waals surface area contributed by atoms with Crippen molar-refractivity contribution in [2.24, 2.45) is 11.3 Å². The molecule has 1 atom stereocenters. The molecule has 7 heteroatoms. The zero-order valence-electron chi connectivity index (χ0n) is 11.1. The van der Waals surface area contributed by atoms with Crippen LogP contribution >= 0.6 is 0 Å². The third-order valence-electron chi connectivity index (χ3n) is 2.87. The third-order valence-corrected chi connectivity index (χ3v) is 3.82. The summed E-state index contributed by atoms with van der Waals surface area (Å²) in [6.07, 6.45) is 0.725. The van der Waals surface area contributed by atoms with E-state index in [1.807, 2.05) is 0 Å². The molecule has 0 bridgehead atoms. The Hall–Kier alpha value is -1.11. The number of carboxylic acids is 1. The molecular formula is C11H20O6S. The normalized spacial score (nSPS) is 15.2. The van der Waals surface area contributed by atoms with Crippen LogP contribution in [0.25, 0.3) is 0 Å². The van der Waals surface area contributed by atoms with Crippen molar-refractivity contribution >= 4 is 21.8 Å². The van der Waals surface area contributed by atoms with E-state index in [1.165, 1.54) is 0 Å². The monoisotopic (exact) mass is 280 g/mol. The molecule has 0 aliphatic carbocycles. The highest BCUT2D eigenvalue weighted by atomic mass is 32.2. The van der Waals surface area contributed by atoms with Gasteiger partial charge in [0, 0.05) is 6.26 Å². The van der Waals surface area contributed by atoms with Gasteiger partial charge in [-0.2, -0.15) is 0 Å². The van der Waals surface area contributed by atoms with Crippen LogP contribution in [-0.2, 0) is 24.2 Å². The van der Waals surface area contributed by atoms with Gasteiger partial charge < -0.3 is 9.84 Å². The lowest BCUT2D eigenvalue weighted by Gasteiger charge is -2.30. The SMILES string of the molecule is CCOC(=O)C(CCS(C)(=O)=O)(C(=O)O)C(C)C. The maximum Gasteiger partial charge on any atom is 0.323 e. The molecule has 106 valence electrons. The van der Waals surface area contributed by atoms with Crippen molar-refractivity contribution < 1.29 is 27.9 Å². The van der Waals surface area contributed by atoms with Gasteiger partial charge in [-0.15, -0.1) is 0 Å². The Morgan fingerprint density at radius 3 is 2.11 bits per heavy atom. The van der Waals surface area contributed by atoms with Gasteiger partial charge >= 0.3 is 11.9 Å². The molecule has 1 unspecified atom stereocenters. The molecule has 6 nitrogen and oxygen atoms in total. The van der Waals surface area contributed by atoms with Crippen LogP contribution < -0.4 is 0 Å². The van der Waals surface area contributed by atoms with Crippen molar-refractivity contribution in [1.29, 1.82) is 0 Å². The maximum atomic E-state index is 11.9. The Kier molecular flexibility index (Phi) is 5.79. The number of hydrogen-bond donors (Lipinski definition) is 1. The Morgan fingerprint density at radius 2 is 1.83 bits per heavy atom. The number of carbonyl (C=O) groups is 2. The van der Waals surface area contributed by atoms with Gasteiger partial charge in [0.2, 0.25) is 0 Å². The second-order valence-corrected chi connectivity index (χ2v) is 6.79. The first kappa shape index (κ1) is 16.9. The molecule has 0 amide bonds. The fraction of sp³-hybridized carbons (Fsp3) is 0.818. The van der Waals surface area contributed by atoms with Gasteiger partial charge in [-0.3, -0.25) is 9.59 Å². The van der Waals surface area contributed by atoms with Gasteiger partial charge in [0.15, 0.2) is 5.41 Å². The first-order chi connectivity index (χ1) is 8.08. The molecule has 0 radical (unpaired) electrons. The molecule has 0 fully saturated rings. The van der Waals surface area contributed by atoms with Crippen molar-refractivity contribution in [3.8, 4) is 0 Å². The number of esters is 1. The van der Waals surface area contributed by atoms with Crippen molar-refractivity contribution in [1.82, 2.24) is 0 Å². The van der Waals surface area contributed by atoms with E-state index in [0.29, 0.717) is 0 Å². The lowest BCUT2D eigenvalue weighted by Crippen LogP contribution is -2.46. The number of carboxylic acid groups (broad SMARTS) is 1. The lowest BCUT2D eigenvalue weighted by atomic mass is 9.75. The second-order valence-electron chi connectivity index (χ2n) is 4.53. The highest BCUT2D eigenvalue weighted by Gasteiger charge is 2.50. The van der Waals surface area contributed by atoms with Crippen LogP contribution in [0, 0.1) is 11.3 Å². The molecule has 0 aromatic heterocycles. The molecule has 0 rings (SSSR count). The summed E-state index contributed by atoms with van der Waals surface area (Å²) >= 11 is 0. The number of carbonyl (C=O) groups excluding carboxylic acids is 1. The molecule has 0 aromatic carbocycles. The van der Waals surface area contributed by atoms with Crippen molar-refractivity contribution in [2.75, 3.05) is 18.6 Å². The van der Waals surface area contributed by atoms with E-state index in [1.54, 1.807) is 20.8 Å². The van der Waals surface area contributed by atoms with Gasteiger partial charge in [-0.1, -0.05) is 13.8 Å². The largest absolute Gasteiger partial charge is 0.480 e. The average molecular weight is 280 g/mol. The van der Waals surface area contributed by atoms with Crippen LogP contribution in [0.2, 0.25) is 0 Å². The van der Waals surface area contributed by atoms with E-state index in [4.69, 9.17) is 4.74 Å². The number of hydrogen-bond acceptors (Lipinski definition) is 5. The van der Waals surface area contributed by atoms with E-state index < -0.39 is 33.1 Å². The number of rotatable bonds is 7. The minimum Gasteiger partial charge on any atom is -0.480 e. The molecule has 0 saturated heterocycles. The van der Waals surface area contributed by atoms with Gasteiger partial charge in [-0.05, 0) is 19.3 Å². The predicted octanol–water partition coefficient (Wildman–Crippen LogP) is 0.711.